The van der Waals surface area contributed by atoms with Gasteiger partial charge in [0.15, 0.2) is 5.82 Å². The van der Waals surface area contributed by atoms with Crippen LogP contribution in [0, 0.1) is 6.92 Å². The van der Waals surface area contributed by atoms with Crippen LogP contribution in [0.25, 0.3) is 0 Å². The minimum Gasteiger partial charge on any atom is -0.468 e. The Balaban J connectivity index is 2.36. The summed E-state index contributed by atoms with van der Waals surface area (Å²) in [7, 11) is 1.33. The van der Waals surface area contributed by atoms with E-state index in [0.29, 0.717) is 18.9 Å². The molecule has 0 saturated heterocycles. The van der Waals surface area contributed by atoms with E-state index in [-0.39, 0.29) is 12.6 Å². The van der Waals surface area contributed by atoms with Crippen LogP contribution in [0.3, 0.4) is 0 Å². The van der Waals surface area contributed by atoms with Gasteiger partial charge in [-0.15, -0.1) is 5.10 Å². The molecule has 1 unspecified atom stereocenters. The number of nitrogens with one attached hydrogen (secondary N) is 1. The number of hydrogen-bond acceptors (Lipinski definition) is 7. The number of esters is 1. The first-order valence-electron chi connectivity index (χ1n) is 6.99. The van der Waals surface area contributed by atoms with Crippen LogP contribution in [0.1, 0.15) is 23.0 Å². The van der Waals surface area contributed by atoms with Crippen molar-refractivity contribution in [2.24, 2.45) is 5.73 Å². The first-order valence-corrected chi connectivity index (χ1v) is 6.99. The molecule has 22 heavy (non-hydrogen) atoms. The lowest BCUT2D eigenvalue weighted by molar-refractivity contribution is -0.141. The summed E-state index contributed by atoms with van der Waals surface area (Å²) in [5.74, 6) is 0.143. The monoisotopic (exact) mass is 304 g/mol. The summed E-state index contributed by atoms with van der Waals surface area (Å²) < 4.78 is 6.11. The predicted octanol–water partition coefficient (Wildman–Crippen LogP) is -0.208. The van der Waals surface area contributed by atoms with E-state index in [4.69, 9.17) is 5.73 Å². The molecule has 8 heteroatoms. The third-order valence-electron chi connectivity index (χ3n) is 3.32. The second kappa shape index (κ2) is 7.62. The Labute approximate surface area is 128 Å². The molecule has 1 aromatic heterocycles. The van der Waals surface area contributed by atoms with E-state index in [0.717, 1.165) is 11.1 Å². The molecule has 1 atom stereocenters. The molecule has 0 radical (unpaired) electrons. The molecule has 0 aliphatic rings. The van der Waals surface area contributed by atoms with Crippen LogP contribution in [-0.2, 0) is 16.1 Å². The molecule has 0 saturated carbocycles. The molecule has 3 N–H and O–H groups in total. The minimum absolute atomic E-state index is 0.0362. The van der Waals surface area contributed by atoms with E-state index in [1.165, 1.54) is 11.8 Å². The van der Waals surface area contributed by atoms with Crippen LogP contribution in [0.4, 0.5) is 0 Å². The summed E-state index contributed by atoms with van der Waals surface area (Å²) in [6, 6.07) is 7.69. The van der Waals surface area contributed by atoms with Gasteiger partial charge in [-0.1, -0.05) is 24.3 Å². The second-order valence-corrected chi connectivity index (χ2v) is 4.80. The number of methoxy groups -OCH3 is 1. The van der Waals surface area contributed by atoms with E-state index in [1.807, 2.05) is 31.2 Å². The smallest absolute Gasteiger partial charge is 0.327 e. The molecule has 118 valence electrons. The number of aryl methyl sites for hydroxylation is 1. The van der Waals surface area contributed by atoms with Gasteiger partial charge in [0.05, 0.1) is 13.2 Å². The van der Waals surface area contributed by atoms with Gasteiger partial charge in [-0.25, -0.2) is 4.68 Å². The maximum atomic E-state index is 11.5. The molecule has 0 spiro atoms. The van der Waals surface area contributed by atoms with Crippen molar-refractivity contribution in [2.75, 3.05) is 20.2 Å². The number of nitrogens with two attached hydrogens (primary N) is 1. The van der Waals surface area contributed by atoms with Crippen molar-refractivity contribution < 1.29 is 9.53 Å². The van der Waals surface area contributed by atoms with Gasteiger partial charge in [0.1, 0.15) is 6.54 Å². The van der Waals surface area contributed by atoms with Gasteiger partial charge in [-0.05, 0) is 28.5 Å². The van der Waals surface area contributed by atoms with Crippen LogP contribution in [-0.4, -0.2) is 46.4 Å². The molecule has 0 aliphatic carbocycles. The lowest BCUT2D eigenvalue weighted by atomic mass is 10.0. The fourth-order valence-corrected chi connectivity index (χ4v) is 2.20. The molecule has 0 fully saturated rings. The van der Waals surface area contributed by atoms with Crippen molar-refractivity contribution >= 4 is 5.97 Å². The first kappa shape index (κ1) is 16.1. The van der Waals surface area contributed by atoms with Crippen LogP contribution < -0.4 is 11.1 Å². The fourth-order valence-electron chi connectivity index (χ4n) is 2.20. The van der Waals surface area contributed by atoms with Gasteiger partial charge >= 0.3 is 5.97 Å². The Hall–Kier alpha value is -2.32. The van der Waals surface area contributed by atoms with E-state index >= 15 is 0 Å². The molecule has 1 aromatic carbocycles. The lowest BCUT2D eigenvalue weighted by Crippen LogP contribution is -2.31. The first-order chi connectivity index (χ1) is 10.7. The van der Waals surface area contributed by atoms with Crippen LogP contribution in [0.5, 0.6) is 0 Å². The Kier molecular flexibility index (Phi) is 5.56. The number of tetrazole rings is 1. The highest BCUT2D eigenvalue weighted by atomic mass is 16.5. The Morgan fingerprint density at radius 3 is 2.91 bits per heavy atom. The predicted molar refractivity (Wildman–Crippen MR) is 79.9 cm³/mol. The van der Waals surface area contributed by atoms with E-state index in [9.17, 15) is 4.79 Å². The molecule has 0 amide bonds. The number of ether oxygens (including phenoxy) is 1. The molecule has 2 rings (SSSR count). The number of hydrogen-bond donors (Lipinski definition) is 2. The molecular formula is C14H20N6O2. The third kappa shape index (κ3) is 3.66. The number of benzene rings is 1. The average molecular weight is 304 g/mol. The van der Waals surface area contributed by atoms with Gasteiger partial charge in [-0.3, -0.25) is 4.79 Å². The number of aromatic nitrogens is 4. The summed E-state index contributed by atoms with van der Waals surface area (Å²) in [5.41, 5.74) is 7.73. The van der Waals surface area contributed by atoms with Gasteiger partial charge in [-0.2, -0.15) is 0 Å². The zero-order valence-corrected chi connectivity index (χ0v) is 12.7. The topological polar surface area (TPSA) is 108 Å². The van der Waals surface area contributed by atoms with Crippen molar-refractivity contribution in [1.29, 1.82) is 0 Å². The summed E-state index contributed by atoms with van der Waals surface area (Å²) in [6.45, 7) is 3.07. The van der Waals surface area contributed by atoms with Crippen molar-refractivity contribution in [1.82, 2.24) is 25.5 Å². The van der Waals surface area contributed by atoms with Crippen molar-refractivity contribution in [3.05, 3.63) is 41.2 Å². The molecule has 1 heterocycles. The molecule has 2 aromatic rings. The average Bonchev–Trinajstić information content (AvgIpc) is 2.97. The Bertz CT molecular complexity index is 627. The van der Waals surface area contributed by atoms with Gasteiger partial charge < -0.3 is 15.8 Å². The lowest BCUT2D eigenvalue weighted by Gasteiger charge is -2.19. The number of nitrogens with zero attached hydrogens (tertiary/aromatic N) is 4. The fraction of sp³-hybridized carbons (Fsp3) is 0.429. The van der Waals surface area contributed by atoms with Gasteiger partial charge in [0, 0.05) is 13.1 Å². The maximum Gasteiger partial charge on any atom is 0.327 e. The number of carbonyl (C=O) groups excluding carboxylic acids is 1. The van der Waals surface area contributed by atoms with Crippen LogP contribution >= 0.6 is 0 Å². The number of rotatable bonds is 7. The zero-order valence-electron chi connectivity index (χ0n) is 12.7. The second-order valence-electron chi connectivity index (χ2n) is 4.80. The molecule has 0 aliphatic heterocycles. The molecule has 0 bridgehead atoms. The maximum absolute atomic E-state index is 11.5. The largest absolute Gasteiger partial charge is 0.468 e. The summed E-state index contributed by atoms with van der Waals surface area (Å²) in [6.07, 6.45) is 0. The summed E-state index contributed by atoms with van der Waals surface area (Å²) in [5, 5.41) is 14.9. The van der Waals surface area contributed by atoms with Crippen molar-refractivity contribution in [3.8, 4) is 0 Å². The Morgan fingerprint density at radius 1 is 1.45 bits per heavy atom. The minimum atomic E-state index is -0.407. The summed E-state index contributed by atoms with van der Waals surface area (Å²) >= 11 is 0. The quantitative estimate of drug-likeness (QED) is 0.681. The molecular weight excluding hydrogens is 284 g/mol. The highest BCUT2D eigenvalue weighted by Gasteiger charge is 2.23. The van der Waals surface area contributed by atoms with Crippen molar-refractivity contribution in [2.45, 2.75) is 19.5 Å². The van der Waals surface area contributed by atoms with Crippen LogP contribution in [0.15, 0.2) is 24.3 Å². The highest BCUT2D eigenvalue weighted by Crippen LogP contribution is 2.22. The Morgan fingerprint density at radius 2 is 2.23 bits per heavy atom. The SMILES string of the molecule is COC(=O)Cn1nnnc1C(NCCN)c1ccccc1C. The van der Waals surface area contributed by atoms with Gasteiger partial charge in [0.2, 0.25) is 0 Å². The van der Waals surface area contributed by atoms with Gasteiger partial charge in [0.25, 0.3) is 0 Å². The normalized spacial score (nSPS) is 12.1. The van der Waals surface area contributed by atoms with E-state index in [2.05, 4.69) is 25.6 Å². The summed E-state index contributed by atoms with van der Waals surface area (Å²) in [4.78, 5) is 11.5. The number of carbonyl (C=O) groups is 1. The standard InChI is InChI=1S/C14H20N6O2/c1-10-5-3-4-6-11(10)13(16-8-7-15)14-17-18-19-20(14)9-12(21)22-2/h3-6,13,16H,7-9,15H2,1-2H3. The van der Waals surface area contributed by atoms with Crippen molar-refractivity contribution in [3.63, 3.8) is 0 Å². The van der Waals surface area contributed by atoms with Crippen LogP contribution in [0.2, 0.25) is 0 Å². The van der Waals surface area contributed by atoms with E-state index in [1.54, 1.807) is 0 Å². The van der Waals surface area contributed by atoms with E-state index < -0.39 is 5.97 Å². The zero-order chi connectivity index (χ0) is 15.9. The molecule has 8 nitrogen and oxygen atoms in total. The third-order valence-corrected chi connectivity index (χ3v) is 3.32. The highest BCUT2D eigenvalue weighted by molar-refractivity contribution is 5.68.